The molecular weight excluding hydrogens is 705 g/mol. The number of aromatic amines is 1. The van der Waals surface area contributed by atoms with E-state index in [0.717, 1.165) is 10.6 Å². The SMILES string of the molecule is COCCO[C@@H]1[C@H](OP(=O)(OC[C@H]2O[C@@H](n3cnc4c(N)ncnc43)C[C@@H]2O)SCOC(=O)C(C)(C)C)[C@@H](CO)O[C@H]1n1ccc(=O)[nH]c1=O. The van der Waals surface area contributed by atoms with E-state index in [2.05, 4.69) is 19.9 Å². The molecule has 0 bridgehead atoms. The molecule has 0 amide bonds. The summed E-state index contributed by atoms with van der Waals surface area (Å²) >= 11 is 0.538. The molecule has 276 valence electrons. The summed E-state index contributed by atoms with van der Waals surface area (Å²) in [5.74, 6) is -0.868. The van der Waals surface area contributed by atoms with Crippen molar-refractivity contribution in [3.05, 3.63) is 45.8 Å². The smallest absolute Gasteiger partial charge is 0.392 e. The van der Waals surface area contributed by atoms with Crippen LogP contribution in [0.15, 0.2) is 34.5 Å². The number of nitrogens with one attached hydrogen (secondary N) is 1. The van der Waals surface area contributed by atoms with Crippen LogP contribution in [0.3, 0.4) is 0 Å². The van der Waals surface area contributed by atoms with Gasteiger partial charge in [-0.25, -0.2) is 24.3 Å². The number of methoxy groups -OCH3 is 1. The highest BCUT2D eigenvalue weighted by atomic mass is 32.7. The van der Waals surface area contributed by atoms with Gasteiger partial charge in [-0.15, -0.1) is 0 Å². The standard InChI is InChI=1S/C28H40N7O13PS/c1-28(2,3)26(39)44-14-50-49(41,45-11-17-15(37)9-19(46-17)35-13-32-20-23(29)30-12-31-24(20)35)48-21-16(10-36)47-25(22(21)43-8-7-42-4)34-6-5-18(38)33-27(34)40/h5-6,12-13,15-17,19,21-22,25,36-37H,7-11,14H2,1-4H3,(H2,29,30,31)(H,33,38,40)/t15-,16+,17+,19+,21+,22+,25+,49?/m0/s1. The Hall–Kier alpha value is -3.24. The summed E-state index contributed by atoms with van der Waals surface area (Å²) in [4.78, 5) is 51.4. The van der Waals surface area contributed by atoms with E-state index >= 15 is 0 Å². The van der Waals surface area contributed by atoms with Crippen molar-refractivity contribution in [3.63, 3.8) is 0 Å². The van der Waals surface area contributed by atoms with Gasteiger partial charge in [0.05, 0.1) is 44.3 Å². The number of aliphatic hydroxyl groups is 2. The molecular formula is C28H40N7O13PS. The first kappa shape index (κ1) is 38.0. The first-order valence-corrected chi connectivity index (χ1v) is 18.6. The van der Waals surface area contributed by atoms with Crippen molar-refractivity contribution in [2.75, 3.05) is 45.2 Å². The second-order valence-electron chi connectivity index (χ2n) is 12.4. The fraction of sp³-hybridized carbons (Fsp3) is 0.643. The van der Waals surface area contributed by atoms with E-state index in [1.165, 1.54) is 26.0 Å². The molecule has 0 spiro atoms. The molecule has 3 aromatic heterocycles. The van der Waals surface area contributed by atoms with Crippen LogP contribution in [0.1, 0.15) is 39.6 Å². The van der Waals surface area contributed by atoms with Gasteiger partial charge in [-0.2, -0.15) is 0 Å². The van der Waals surface area contributed by atoms with Crippen LogP contribution in [0.5, 0.6) is 0 Å². The van der Waals surface area contributed by atoms with Gasteiger partial charge in [0.2, 0.25) is 0 Å². The Labute approximate surface area is 288 Å². The van der Waals surface area contributed by atoms with Crippen molar-refractivity contribution >= 4 is 41.1 Å². The number of imidazole rings is 1. The number of hydrogen-bond donors (Lipinski definition) is 4. The molecule has 1 unspecified atom stereocenters. The van der Waals surface area contributed by atoms with Gasteiger partial charge in [0.25, 0.3) is 5.56 Å². The van der Waals surface area contributed by atoms with Crippen molar-refractivity contribution in [1.82, 2.24) is 29.1 Å². The van der Waals surface area contributed by atoms with Crippen molar-refractivity contribution in [1.29, 1.82) is 0 Å². The number of ether oxygens (including phenoxy) is 5. The lowest BCUT2D eigenvalue weighted by Gasteiger charge is -2.29. The molecule has 5 N–H and O–H groups in total. The Morgan fingerprint density at radius 1 is 1.16 bits per heavy atom. The highest BCUT2D eigenvalue weighted by molar-refractivity contribution is 8.55. The minimum absolute atomic E-state index is 0.0262. The van der Waals surface area contributed by atoms with E-state index in [1.54, 1.807) is 25.3 Å². The predicted molar refractivity (Wildman–Crippen MR) is 175 cm³/mol. The molecule has 3 aromatic rings. The number of carbonyl (C=O) groups excluding carboxylic acids is 1. The first-order chi connectivity index (χ1) is 23.7. The maximum atomic E-state index is 14.5. The number of nitrogens with two attached hydrogens (primary N) is 1. The van der Waals surface area contributed by atoms with Crippen LogP contribution < -0.4 is 17.0 Å². The van der Waals surface area contributed by atoms with E-state index in [4.69, 9.17) is 38.5 Å². The molecule has 2 saturated heterocycles. The molecule has 2 aliphatic heterocycles. The minimum atomic E-state index is -4.40. The maximum absolute atomic E-state index is 14.5. The summed E-state index contributed by atoms with van der Waals surface area (Å²) in [6.07, 6.45) is -3.81. The van der Waals surface area contributed by atoms with Crippen molar-refractivity contribution in [2.45, 2.75) is 70.2 Å². The molecule has 20 nitrogen and oxygen atoms in total. The van der Waals surface area contributed by atoms with Gasteiger partial charge in [-0.1, -0.05) is 0 Å². The second kappa shape index (κ2) is 16.0. The molecule has 5 heterocycles. The van der Waals surface area contributed by atoms with Gasteiger partial charge in [0.15, 0.2) is 17.7 Å². The first-order valence-electron chi connectivity index (χ1n) is 15.4. The number of fused-ring (bicyclic) bond motifs is 1. The van der Waals surface area contributed by atoms with Gasteiger partial charge in [0, 0.05) is 37.2 Å². The predicted octanol–water partition coefficient (Wildman–Crippen LogP) is 0.318. The number of aromatic nitrogens is 6. The van der Waals surface area contributed by atoms with Crippen LogP contribution in [-0.4, -0.2) is 115 Å². The number of nitrogen functional groups attached to an aromatic ring is 1. The summed E-state index contributed by atoms with van der Waals surface area (Å²) in [5, 5.41) is 21.2. The zero-order valence-electron chi connectivity index (χ0n) is 27.6. The molecule has 50 heavy (non-hydrogen) atoms. The summed E-state index contributed by atoms with van der Waals surface area (Å²) in [6.45, 7) is -0.478. The zero-order valence-corrected chi connectivity index (χ0v) is 29.4. The average molecular weight is 746 g/mol. The van der Waals surface area contributed by atoms with E-state index in [9.17, 15) is 29.2 Å². The summed E-state index contributed by atoms with van der Waals surface area (Å²) in [5.41, 5.74) is 4.29. The molecule has 5 rings (SSSR count). The molecule has 0 aromatic carbocycles. The van der Waals surface area contributed by atoms with Crippen LogP contribution in [0, 0.1) is 5.41 Å². The molecule has 0 aliphatic carbocycles. The van der Waals surface area contributed by atoms with E-state index in [-0.39, 0.29) is 25.5 Å². The van der Waals surface area contributed by atoms with E-state index in [0.29, 0.717) is 22.5 Å². The topological polar surface area (TPSA) is 264 Å². The normalized spacial score (nSPS) is 26.7. The number of esters is 1. The third-order valence-corrected chi connectivity index (χ3v) is 11.1. The van der Waals surface area contributed by atoms with Crippen molar-refractivity contribution in [3.8, 4) is 0 Å². The summed E-state index contributed by atoms with van der Waals surface area (Å²) < 4.78 is 57.4. The zero-order chi connectivity index (χ0) is 36.2. The van der Waals surface area contributed by atoms with Crippen LogP contribution >= 0.6 is 18.2 Å². The van der Waals surface area contributed by atoms with Crippen LogP contribution in [0.4, 0.5) is 5.82 Å². The van der Waals surface area contributed by atoms with E-state index in [1.807, 2.05) is 0 Å². The van der Waals surface area contributed by atoms with Gasteiger partial charge in [-0.3, -0.25) is 32.8 Å². The number of carbonyl (C=O) groups is 1. The fourth-order valence-electron chi connectivity index (χ4n) is 5.17. The monoisotopic (exact) mass is 745 g/mol. The lowest BCUT2D eigenvalue weighted by atomic mass is 9.98. The Morgan fingerprint density at radius 3 is 2.64 bits per heavy atom. The molecule has 2 fully saturated rings. The Bertz CT molecular complexity index is 1800. The number of aliphatic hydroxyl groups excluding tert-OH is 2. The molecule has 2 aliphatic rings. The maximum Gasteiger partial charge on any atom is 0.392 e. The third kappa shape index (κ3) is 8.61. The lowest BCUT2D eigenvalue weighted by Crippen LogP contribution is -2.41. The quantitative estimate of drug-likeness (QED) is 0.0706. The molecule has 8 atom stereocenters. The van der Waals surface area contributed by atoms with Crippen molar-refractivity contribution < 1.29 is 52.3 Å². The molecule has 0 saturated carbocycles. The van der Waals surface area contributed by atoms with Crippen molar-refractivity contribution in [2.24, 2.45) is 5.41 Å². The number of hydrogen-bond acceptors (Lipinski definition) is 18. The lowest BCUT2D eigenvalue weighted by molar-refractivity contribution is -0.150. The number of nitrogens with zero attached hydrogens (tertiary/aromatic N) is 5. The largest absolute Gasteiger partial charge is 0.454 e. The summed E-state index contributed by atoms with van der Waals surface area (Å²) in [6, 6.07) is 1.10. The highest BCUT2D eigenvalue weighted by Crippen LogP contribution is 2.63. The number of rotatable bonds is 15. The molecule has 22 heteroatoms. The Morgan fingerprint density at radius 2 is 1.94 bits per heavy atom. The Balaban J connectivity index is 1.38. The van der Waals surface area contributed by atoms with E-state index < -0.39 is 91.6 Å². The average Bonchev–Trinajstić information content (AvgIpc) is 3.75. The van der Waals surface area contributed by atoms with Gasteiger partial charge < -0.3 is 39.6 Å². The van der Waals surface area contributed by atoms with Gasteiger partial charge in [0.1, 0.15) is 48.4 Å². The second-order valence-corrected chi connectivity index (χ2v) is 16.3. The minimum Gasteiger partial charge on any atom is -0.454 e. The van der Waals surface area contributed by atoms with Crippen LogP contribution in [-0.2, 0) is 42.1 Å². The number of H-pyrrole nitrogens is 1. The number of anilines is 1. The van der Waals surface area contributed by atoms with Gasteiger partial charge in [-0.05, 0) is 20.8 Å². The van der Waals surface area contributed by atoms with Crippen LogP contribution in [0.2, 0.25) is 0 Å². The fourth-order valence-corrected chi connectivity index (χ4v) is 7.97. The highest BCUT2D eigenvalue weighted by Gasteiger charge is 2.51. The van der Waals surface area contributed by atoms with Gasteiger partial charge >= 0.3 is 18.5 Å². The summed E-state index contributed by atoms with van der Waals surface area (Å²) in [7, 11) is 1.45. The third-order valence-electron chi connectivity index (χ3n) is 7.75. The Kier molecular flexibility index (Phi) is 12.1. The van der Waals surface area contributed by atoms with Crippen LogP contribution in [0.25, 0.3) is 11.2 Å². The molecule has 0 radical (unpaired) electrons.